The minimum Gasteiger partial charge on any atom is -0.389 e. The van der Waals surface area contributed by atoms with Crippen LogP contribution in [0.3, 0.4) is 0 Å². The molecule has 2 aliphatic carbocycles. The van der Waals surface area contributed by atoms with Crippen LogP contribution in [0.1, 0.15) is 63.0 Å². The van der Waals surface area contributed by atoms with Crippen LogP contribution in [0.2, 0.25) is 0 Å². The number of aliphatic hydroxyl groups is 2. The summed E-state index contributed by atoms with van der Waals surface area (Å²) < 4.78 is 0. The smallest absolute Gasteiger partial charge is 0.187 e. The fraction of sp³-hybridized carbons (Fsp3) is 0.536. The van der Waals surface area contributed by atoms with Crippen molar-refractivity contribution in [2.45, 2.75) is 74.9 Å². The quantitative estimate of drug-likeness (QED) is 0.610. The van der Waals surface area contributed by atoms with Gasteiger partial charge in [-0.1, -0.05) is 49.4 Å². The SMILES string of the molecule is CCNC1(c2ccccc2)CCC2(CC1)CN(c1ccccc1C#N)C(O)N2CC1(O)CCC1. The monoisotopic (exact) mass is 460 g/mol. The van der Waals surface area contributed by atoms with Gasteiger partial charge in [-0.05, 0) is 69.2 Å². The predicted octanol–water partition coefficient (Wildman–Crippen LogP) is 3.69. The molecule has 0 aromatic heterocycles. The predicted molar refractivity (Wildman–Crippen MR) is 133 cm³/mol. The summed E-state index contributed by atoms with van der Waals surface area (Å²) in [6.45, 7) is 4.18. The van der Waals surface area contributed by atoms with Gasteiger partial charge in [0.2, 0.25) is 0 Å². The van der Waals surface area contributed by atoms with Gasteiger partial charge < -0.3 is 20.4 Å². The van der Waals surface area contributed by atoms with E-state index in [0.717, 1.165) is 57.2 Å². The zero-order valence-corrected chi connectivity index (χ0v) is 20.1. The van der Waals surface area contributed by atoms with E-state index < -0.39 is 12.0 Å². The fourth-order valence-electron chi connectivity index (χ4n) is 6.49. The van der Waals surface area contributed by atoms with Gasteiger partial charge in [0.1, 0.15) is 6.07 Å². The highest BCUT2D eigenvalue weighted by atomic mass is 16.3. The second-order valence-electron chi connectivity index (χ2n) is 10.5. The number of nitriles is 1. The van der Waals surface area contributed by atoms with E-state index in [-0.39, 0.29) is 11.1 Å². The lowest BCUT2D eigenvalue weighted by Crippen LogP contribution is -2.60. The number of anilines is 1. The first kappa shape index (κ1) is 23.3. The number of benzene rings is 2. The molecule has 0 amide bonds. The normalized spacial score (nSPS) is 30.8. The third-order valence-corrected chi connectivity index (χ3v) is 8.59. The molecule has 1 unspecified atom stereocenters. The van der Waals surface area contributed by atoms with Crippen molar-refractivity contribution in [2.24, 2.45) is 0 Å². The summed E-state index contributed by atoms with van der Waals surface area (Å²) in [5.74, 6) is 0. The Hall–Kier alpha value is -2.43. The van der Waals surface area contributed by atoms with Crippen molar-refractivity contribution in [3.05, 3.63) is 65.7 Å². The number of β-amino-alcohol motifs (C(OH)–C–C–N with tert-alkyl or cyclic N) is 1. The van der Waals surface area contributed by atoms with E-state index in [0.29, 0.717) is 18.7 Å². The molecule has 5 rings (SSSR count). The maximum Gasteiger partial charge on any atom is 0.187 e. The lowest BCUT2D eigenvalue weighted by molar-refractivity contribution is -0.120. The molecule has 1 aliphatic heterocycles. The molecular formula is C28H36N4O2. The molecule has 1 spiro atoms. The standard InChI is InChI=1S/C28H36N4O2/c1-2-30-28(23-10-4-3-5-11-23)17-15-26(16-18-28)20-31(24-12-7-6-9-22(24)19-29)25(33)32(26)21-27(34)13-8-14-27/h3-7,9-12,25,30,33-34H,2,8,13-18,20-21H2,1H3. The average molecular weight is 461 g/mol. The second-order valence-corrected chi connectivity index (χ2v) is 10.5. The van der Waals surface area contributed by atoms with E-state index in [1.165, 1.54) is 5.56 Å². The number of nitrogens with zero attached hydrogens (tertiary/aromatic N) is 3. The van der Waals surface area contributed by atoms with Crippen molar-refractivity contribution in [1.29, 1.82) is 5.26 Å². The Labute approximate surface area is 202 Å². The Kier molecular flexibility index (Phi) is 6.16. The van der Waals surface area contributed by atoms with Gasteiger partial charge in [0.15, 0.2) is 6.35 Å². The Balaban J connectivity index is 1.47. The summed E-state index contributed by atoms with van der Waals surface area (Å²) in [6.07, 6.45) is 5.48. The van der Waals surface area contributed by atoms with Crippen molar-refractivity contribution in [2.75, 3.05) is 24.5 Å². The molecule has 3 fully saturated rings. The van der Waals surface area contributed by atoms with Gasteiger partial charge in [0.05, 0.1) is 16.9 Å². The molecule has 3 aliphatic rings. The molecule has 0 bridgehead atoms. The van der Waals surface area contributed by atoms with Gasteiger partial charge in [0, 0.05) is 24.2 Å². The molecule has 6 heteroatoms. The molecule has 2 aromatic carbocycles. The third-order valence-electron chi connectivity index (χ3n) is 8.59. The molecule has 3 N–H and O–H groups in total. The van der Waals surface area contributed by atoms with Crippen LogP contribution in [0.5, 0.6) is 0 Å². The van der Waals surface area contributed by atoms with Crippen molar-refractivity contribution in [3.63, 3.8) is 0 Å². The maximum absolute atomic E-state index is 11.6. The lowest BCUT2D eigenvalue weighted by atomic mass is 9.68. The zero-order valence-electron chi connectivity index (χ0n) is 20.1. The highest BCUT2D eigenvalue weighted by Gasteiger charge is 2.56. The molecule has 6 nitrogen and oxygen atoms in total. The van der Waals surface area contributed by atoms with Gasteiger partial charge in [-0.15, -0.1) is 0 Å². The Morgan fingerprint density at radius 2 is 1.68 bits per heavy atom. The molecule has 34 heavy (non-hydrogen) atoms. The van der Waals surface area contributed by atoms with Crippen LogP contribution < -0.4 is 10.2 Å². The zero-order chi connectivity index (χ0) is 23.8. The van der Waals surface area contributed by atoms with Crippen molar-refractivity contribution in [1.82, 2.24) is 10.2 Å². The summed E-state index contributed by atoms with van der Waals surface area (Å²) >= 11 is 0. The lowest BCUT2D eigenvalue weighted by Gasteiger charge is -2.51. The highest BCUT2D eigenvalue weighted by Crippen LogP contribution is 2.49. The van der Waals surface area contributed by atoms with Crippen LogP contribution in [0.25, 0.3) is 0 Å². The fourth-order valence-corrected chi connectivity index (χ4v) is 6.49. The van der Waals surface area contributed by atoms with Crippen LogP contribution in [-0.4, -0.2) is 52.2 Å². The van der Waals surface area contributed by atoms with E-state index in [4.69, 9.17) is 0 Å². The Bertz CT molecular complexity index is 1040. The Morgan fingerprint density at radius 1 is 1.00 bits per heavy atom. The molecule has 1 saturated heterocycles. The van der Waals surface area contributed by atoms with E-state index in [2.05, 4.69) is 53.5 Å². The van der Waals surface area contributed by atoms with Gasteiger partial charge in [-0.3, -0.25) is 4.90 Å². The first-order valence-electron chi connectivity index (χ1n) is 12.7. The first-order chi connectivity index (χ1) is 16.4. The van der Waals surface area contributed by atoms with Crippen LogP contribution in [-0.2, 0) is 5.54 Å². The van der Waals surface area contributed by atoms with E-state index in [9.17, 15) is 15.5 Å². The topological polar surface area (TPSA) is 82.8 Å². The number of hydrogen-bond donors (Lipinski definition) is 3. The van der Waals surface area contributed by atoms with E-state index >= 15 is 0 Å². The summed E-state index contributed by atoms with van der Waals surface area (Å²) in [7, 11) is 0. The van der Waals surface area contributed by atoms with Crippen LogP contribution in [0, 0.1) is 11.3 Å². The molecule has 0 radical (unpaired) electrons. The van der Waals surface area contributed by atoms with Crippen molar-refractivity contribution < 1.29 is 10.2 Å². The van der Waals surface area contributed by atoms with Crippen LogP contribution in [0.15, 0.2) is 54.6 Å². The maximum atomic E-state index is 11.6. The van der Waals surface area contributed by atoms with Crippen LogP contribution in [0.4, 0.5) is 5.69 Å². The van der Waals surface area contributed by atoms with Gasteiger partial charge in [-0.2, -0.15) is 5.26 Å². The number of rotatable bonds is 6. The summed E-state index contributed by atoms with van der Waals surface area (Å²) in [4.78, 5) is 4.13. The highest BCUT2D eigenvalue weighted by molar-refractivity contribution is 5.60. The minimum absolute atomic E-state index is 0.0801. The summed E-state index contributed by atoms with van der Waals surface area (Å²) in [6, 6.07) is 20.5. The third kappa shape index (κ3) is 3.91. The molecule has 1 heterocycles. The molecule has 180 valence electrons. The summed E-state index contributed by atoms with van der Waals surface area (Å²) in [5.41, 5.74) is 1.61. The number of hydrogen-bond acceptors (Lipinski definition) is 6. The number of nitrogens with one attached hydrogen (secondary N) is 1. The van der Waals surface area contributed by atoms with Gasteiger partial charge in [-0.25, -0.2) is 0 Å². The Morgan fingerprint density at radius 3 is 2.29 bits per heavy atom. The second kappa shape index (κ2) is 8.98. The number of aliphatic hydroxyl groups excluding tert-OH is 1. The molecule has 1 atom stereocenters. The largest absolute Gasteiger partial charge is 0.389 e. The first-order valence-corrected chi connectivity index (χ1v) is 12.7. The number of para-hydroxylation sites is 1. The van der Waals surface area contributed by atoms with Crippen LogP contribution >= 0.6 is 0 Å². The van der Waals surface area contributed by atoms with Crippen molar-refractivity contribution >= 4 is 5.69 Å². The molecular weight excluding hydrogens is 424 g/mol. The average Bonchev–Trinajstić information content (AvgIpc) is 3.11. The molecule has 2 aromatic rings. The van der Waals surface area contributed by atoms with E-state index in [1.807, 2.05) is 29.2 Å². The van der Waals surface area contributed by atoms with E-state index in [1.54, 1.807) is 0 Å². The van der Waals surface area contributed by atoms with Crippen molar-refractivity contribution in [3.8, 4) is 6.07 Å². The molecule has 2 saturated carbocycles. The summed E-state index contributed by atoms with van der Waals surface area (Å²) in [5, 5.41) is 36.2. The minimum atomic E-state index is -0.859. The van der Waals surface area contributed by atoms with Gasteiger partial charge >= 0.3 is 0 Å². The van der Waals surface area contributed by atoms with Gasteiger partial charge in [0.25, 0.3) is 0 Å².